The molecule has 1 amide bonds. The van der Waals surface area contributed by atoms with Crippen molar-refractivity contribution in [1.29, 1.82) is 0 Å². The van der Waals surface area contributed by atoms with E-state index in [4.69, 9.17) is 0 Å². The van der Waals surface area contributed by atoms with Crippen molar-refractivity contribution in [1.82, 2.24) is 19.7 Å². The largest absolute Gasteiger partial charge is 0.391 e. The average Bonchev–Trinajstić information content (AvgIpc) is 3.32. The summed E-state index contributed by atoms with van der Waals surface area (Å²) in [6.45, 7) is 0.452. The second-order valence-electron chi connectivity index (χ2n) is 7.23. The molecule has 0 spiro atoms. The fourth-order valence-corrected chi connectivity index (χ4v) is 4.32. The van der Waals surface area contributed by atoms with Crippen LogP contribution in [0, 0.1) is 5.92 Å². The number of aliphatic hydroxyl groups is 1. The molecule has 25 heavy (non-hydrogen) atoms. The molecular weight excluding hydrogens is 316 g/mol. The van der Waals surface area contributed by atoms with E-state index < -0.39 is 6.10 Å². The Labute approximate surface area is 147 Å². The van der Waals surface area contributed by atoms with Gasteiger partial charge in [-0.25, -0.2) is 0 Å². The summed E-state index contributed by atoms with van der Waals surface area (Å²) in [4.78, 5) is 14.9. The smallest absolute Gasteiger partial charge is 0.254 e. The van der Waals surface area contributed by atoms with Crippen molar-refractivity contribution in [2.75, 3.05) is 6.54 Å². The van der Waals surface area contributed by atoms with Crippen LogP contribution in [0.4, 0.5) is 0 Å². The molecule has 4 rings (SSSR count). The number of likely N-dealkylation sites (tertiary alicyclic amines) is 1. The second kappa shape index (κ2) is 6.96. The summed E-state index contributed by atoms with van der Waals surface area (Å²) < 4.78 is 1.80. The first kappa shape index (κ1) is 16.3. The Kier molecular flexibility index (Phi) is 4.53. The van der Waals surface area contributed by atoms with Gasteiger partial charge in [-0.2, -0.15) is 0 Å². The first-order valence-corrected chi connectivity index (χ1v) is 9.16. The third-order valence-corrected chi connectivity index (χ3v) is 5.61. The van der Waals surface area contributed by atoms with Crippen molar-refractivity contribution in [3.05, 3.63) is 42.5 Å². The molecule has 132 valence electrons. The summed E-state index contributed by atoms with van der Waals surface area (Å²) in [7, 11) is 0. The topological polar surface area (TPSA) is 71.2 Å². The molecule has 1 aliphatic heterocycles. The van der Waals surface area contributed by atoms with Crippen molar-refractivity contribution in [3.8, 4) is 5.69 Å². The molecule has 1 saturated heterocycles. The number of aliphatic hydroxyl groups excluding tert-OH is 1. The molecule has 6 heteroatoms. The Morgan fingerprint density at radius 2 is 1.72 bits per heavy atom. The monoisotopic (exact) mass is 340 g/mol. The zero-order chi connectivity index (χ0) is 17.2. The van der Waals surface area contributed by atoms with Crippen LogP contribution in [0.15, 0.2) is 36.9 Å². The van der Waals surface area contributed by atoms with Crippen LogP contribution in [0.3, 0.4) is 0 Å². The SMILES string of the molecule is O=C(c1ccc(-n2cnnc2)cc1)N1CC(O)CC1C1CCCCC1. The maximum atomic E-state index is 13.0. The normalized spacial score (nSPS) is 24.6. The van der Waals surface area contributed by atoms with Gasteiger partial charge in [0.2, 0.25) is 0 Å². The van der Waals surface area contributed by atoms with Crippen LogP contribution < -0.4 is 0 Å². The summed E-state index contributed by atoms with van der Waals surface area (Å²) in [6.07, 6.45) is 9.72. The Morgan fingerprint density at radius 3 is 2.40 bits per heavy atom. The lowest BCUT2D eigenvalue weighted by Crippen LogP contribution is -2.41. The zero-order valence-corrected chi connectivity index (χ0v) is 14.3. The van der Waals surface area contributed by atoms with E-state index in [1.807, 2.05) is 29.2 Å². The number of amides is 1. The van der Waals surface area contributed by atoms with Crippen molar-refractivity contribution in [3.63, 3.8) is 0 Å². The summed E-state index contributed by atoms with van der Waals surface area (Å²) in [5.41, 5.74) is 1.60. The lowest BCUT2D eigenvalue weighted by Gasteiger charge is -2.33. The molecule has 2 heterocycles. The lowest BCUT2D eigenvalue weighted by molar-refractivity contribution is 0.0650. The van der Waals surface area contributed by atoms with Gasteiger partial charge in [-0.3, -0.25) is 9.36 Å². The maximum absolute atomic E-state index is 13.0. The number of hydrogen-bond acceptors (Lipinski definition) is 4. The highest BCUT2D eigenvalue weighted by Gasteiger charge is 2.39. The van der Waals surface area contributed by atoms with Crippen LogP contribution in [-0.4, -0.2) is 49.4 Å². The molecule has 1 N–H and O–H groups in total. The fraction of sp³-hybridized carbons (Fsp3) is 0.526. The highest BCUT2D eigenvalue weighted by molar-refractivity contribution is 5.94. The van der Waals surface area contributed by atoms with Crippen LogP contribution in [0.25, 0.3) is 5.69 Å². The van der Waals surface area contributed by atoms with Crippen LogP contribution in [0.5, 0.6) is 0 Å². The van der Waals surface area contributed by atoms with Crippen molar-refractivity contribution < 1.29 is 9.90 Å². The molecule has 2 fully saturated rings. The van der Waals surface area contributed by atoms with Gasteiger partial charge in [-0.1, -0.05) is 19.3 Å². The average molecular weight is 340 g/mol. The molecule has 1 aromatic carbocycles. The predicted molar refractivity (Wildman–Crippen MR) is 93.4 cm³/mol. The molecule has 1 aromatic heterocycles. The van der Waals surface area contributed by atoms with E-state index in [-0.39, 0.29) is 11.9 Å². The predicted octanol–water partition coefficient (Wildman–Crippen LogP) is 2.42. The first-order chi connectivity index (χ1) is 12.2. The molecule has 2 unspecified atom stereocenters. The first-order valence-electron chi connectivity index (χ1n) is 9.16. The third kappa shape index (κ3) is 3.31. The number of hydrogen-bond donors (Lipinski definition) is 1. The van der Waals surface area contributed by atoms with Crippen LogP contribution >= 0.6 is 0 Å². The molecule has 0 bridgehead atoms. The number of carbonyl (C=O) groups is 1. The van der Waals surface area contributed by atoms with Gasteiger partial charge < -0.3 is 10.0 Å². The van der Waals surface area contributed by atoms with Crippen LogP contribution in [0.2, 0.25) is 0 Å². The van der Waals surface area contributed by atoms with Gasteiger partial charge in [-0.05, 0) is 49.4 Å². The minimum absolute atomic E-state index is 0.0300. The molecule has 0 radical (unpaired) electrons. The van der Waals surface area contributed by atoms with Gasteiger partial charge >= 0.3 is 0 Å². The quantitative estimate of drug-likeness (QED) is 0.931. The second-order valence-corrected chi connectivity index (χ2v) is 7.23. The number of aromatic nitrogens is 3. The van der Waals surface area contributed by atoms with Crippen molar-refractivity contribution in [2.45, 2.75) is 50.7 Å². The molecule has 2 aromatic rings. The standard InChI is InChI=1S/C19H24N4O2/c24-17-10-18(14-4-2-1-3-5-14)23(11-17)19(25)15-6-8-16(9-7-15)22-12-20-21-13-22/h6-9,12-14,17-18,24H,1-5,10-11H2. The van der Waals surface area contributed by atoms with Gasteiger partial charge in [0.25, 0.3) is 5.91 Å². The molecule has 2 atom stereocenters. The summed E-state index contributed by atoms with van der Waals surface area (Å²) in [5.74, 6) is 0.563. The Morgan fingerprint density at radius 1 is 1.04 bits per heavy atom. The Balaban J connectivity index is 1.52. The van der Waals surface area contributed by atoms with E-state index in [2.05, 4.69) is 10.2 Å². The van der Waals surface area contributed by atoms with Crippen molar-refractivity contribution in [2.24, 2.45) is 5.92 Å². The molecule has 1 aliphatic carbocycles. The van der Waals surface area contributed by atoms with E-state index >= 15 is 0 Å². The number of β-amino-alcohol motifs (C(OH)–C–C–N with tert-alkyl or cyclic N) is 1. The fourth-order valence-electron chi connectivity index (χ4n) is 4.32. The molecule has 2 aliphatic rings. The van der Waals surface area contributed by atoms with Crippen LogP contribution in [0.1, 0.15) is 48.9 Å². The van der Waals surface area contributed by atoms with Gasteiger partial charge in [0.15, 0.2) is 0 Å². The minimum Gasteiger partial charge on any atom is -0.391 e. The molecule has 6 nitrogen and oxygen atoms in total. The zero-order valence-electron chi connectivity index (χ0n) is 14.3. The number of nitrogens with zero attached hydrogens (tertiary/aromatic N) is 4. The number of carbonyl (C=O) groups excluding carboxylic acids is 1. The van der Waals surface area contributed by atoms with Gasteiger partial charge in [0.05, 0.1) is 6.10 Å². The van der Waals surface area contributed by atoms with Crippen LogP contribution in [-0.2, 0) is 0 Å². The number of benzene rings is 1. The van der Waals surface area contributed by atoms with E-state index in [1.165, 1.54) is 32.1 Å². The minimum atomic E-state index is -0.396. The van der Waals surface area contributed by atoms with Gasteiger partial charge in [0, 0.05) is 23.8 Å². The lowest BCUT2D eigenvalue weighted by atomic mass is 9.82. The number of rotatable bonds is 3. The third-order valence-electron chi connectivity index (χ3n) is 5.61. The summed E-state index contributed by atoms with van der Waals surface area (Å²) >= 11 is 0. The van der Waals surface area contributed by atoms with Gasteiger partial charge in [-0.15, -0.1) is 10.2 Å². The Hall–Kier alpha value is -2.21. The highest BCUT2D eigenvalue weighted by atomic mass is 16.3. The Bertz CT molecular complexity index is 708. The van der Waals surface area contributed by atoms with E-state index in [0.29, 0.717) is 18.0 Å². The van der Waals surface area contributed by atoms with Gasteiger partial charge in [0.1, 0.15) is 12.7 Å². The molecule has 1 saturated carbocycles. The molecular formula is C19H24N4O2. The van der Waals surface area contributed by atoms with E-state index in [9.17, 15) is 9.90 Å². The summed E-state index contributed by atoms with van der Waals surface area (Å²) in [5, 5.41) is 17.8. The van der Waals surface area contributed by atoms with E-state index in [0.717, 1.165) is 12.1 Å². The van der Waals surface area contributed by atoms with Crippen molar-refractivity contribution >= 4 is 5.91 Å². The highest BCUT2D eigenvalue weighted by Crippen LogP contribution is 2.35. The van der Waals surface area contributed by atoms with E-state index in [1.54, 1.807) is 17.2 Å². The maximum Gasteiger partial charge on any atom is 0.254 e. The summed E-state index contributed by atoms with van der Waals surface area (Å²) in [6, 6.07) is 7.68.